The van der Waals surface area contributed by atoms with Crippen LogP contribution in [0.1, 0.15) is 16.7 Å². The number of halogens is 1. The van der Waals surface area contributed by atoms with Crippen molar-refractivity contribution in [3.63, 3.8) is 0 Å². The first-order valence-corrected chi connectivity index (χ1v) is 10.0. The monoisotopic (exact) mass is 459 g/mol. The van der Waals surface area contributed by atoms with Crippen molar-refractivity contribution in [2.45, 2.75) is 13.1 Å². The number of rotatable bonds is 6. The number of fused-ring (bicyclic) bond motifs is 1. The second-order valence-electron chi connectivity index (χ2n) is 6.60. The third kappa shape index (κ3) is 4.22. The molecule has 1 aromatic carbocycles. The van der Waals surface area contributed by atoms with Crippen LogP contribution >= 0.6 is 15.9 Å². The molecule has 0 aliphatic rings. The van der Waals surface area contributed by atoms with Gasteiger partial charge in [-0.15, -0.1) is 0 Å². The van der Waals surface area contributed by atoms with Crippen LogP contribution in [0.5, 0.6) is 0 Å². The minimum Gasteiger partial charge on any atom is -0.366 e. The van der Waals surface area contributed by atoms with Crippen LogP contribution < -0.4 is 16.4 Å². The second-order valence-corrected chi connectivity index (χ2v) is 7.45. The molecule has 8 heteroatoms. The van der Waals surface area contributed by atoms with E-state index in [1.165, 1.54) is 0 Å². The summed E-state index contributed by atoms with van der Waals surface area (Å²) in [6.07, 6.45) is 6.79. The number of anilines is 3. The van der Waals surface area contributed by atoms with E-state index in [4.69, 9.17) is 5.73 Å². The van der Waals surface area contributed by atoms with E-state index in [1.807, 2.05) is 36.4 Å². The van der Waals surface area contributed by atoms with Crippen LogP contribution in [0.2, 0.25) is 0 Å². The lowest BCUT2D eigenvalue weighted by atomic mass is 10.1. The molecule has 4 aromatic rings. The van der Waals surface area contributed by atoms with Crippen LogP contribution in [0.25, 0.3) is 10.9 Å². The van der Waals surface area contributed by atoms with Crippen molar-refractivity contribution in [1.82, 2.24) is 15.0 Å². The van der Waals surface area contributed by atoms with E-state index in [1.54, 1.807) is 24.8 Å². The third-order valence-corrected chi connectivity index (χ3v) is 5.35. The van der Waals surface area contributed by atoms with E-state index in [0.717, 1.165) is 26.7 Å². The van der Waals surface area contributed by atoms with Crippen molar-refractivity contribution in [2.75, 3.05) is 10.6 Å². The summed E-state index contributed by atoms with van der Waals surface area (Å²) < 4.78 is 0.910. The first kappa shape index (κ1) is 19.8. The van der Waals surface area contributed by atoms with E-state index in [-0.39, 0.29) is 0 Å². The smallest absolute Gasteiger partial charge is 0.126 e. The zero-order chi connectivity index (χ0) is 20.9. The number of nitrogens with one attached hydrogen (secondary N) is 2. The quantitative estimate of drug-likeness (QED) is 0.389. The molecule has 0 amide bonds. The van der Waals surface area contributed by atoms with Gasteiger partial charge >= 0.3 is 0 Å². The van der Waals surface area contributed by atoms with Crippen LogP contribution in [0.4, 0.5) is 17.2 Å². The Morgan fingerprint density at radius 2 is 2.00 bits per heavy atom. The predicted octanol–water partition coefficient (Wildman–Crippen LogP) is 4.47. The number of aromatic nitrogens is 3. The average molecular weight is 460 g/mol. The van der Waals surface area contributed by atoms with Crippen molar-refractivity contribution in [3.05, 3.63) is 82.3 Å². The summed E-state index contributed by atoms with van der Waals surface area (Å²) in [6.45, 7) is 1.04. The molecule has 4 rings (SSSR count). The highest BCUT2D eigenvalue weighted by atomic mass is 79.9. The highest BCUT2D eigenvalue weighted by Crippen LogP contribution is 2.31. The standard InChI is InChI=1S/C22H18BrN7/c23-19-6-17(4-3-15(19)8-24)30-22-16(9-25)12-27-20-13-29-21(7-18(20)22)28-11-14-2-1-5-26-10-14/h1-7,10,12-13H,8,11,24H2,(H,27,30)(H,28,29). The van der Waals surface area contributed by atoms with E-state index >= 15 is 0 Å². The van der Waals surface area contributed by atoms with Gasteiger partial charge in [-0.2, -0.15) is 5.26 Å². The van der Waals surface area contributed by atoms with Gasteiger partial charge in [0, 0.05) is 47.2 Å². The number of benzene rings is 1. The van der Waals surface area contributed by atoms with Crippen molar-refractivity contribution < 1.29 is 0 Å². The normalized spacial score (nSPS) is 10.6. The molecule has 30 heavy (non-hydrogen) atoms. The van der Waals surface area contributed by atoms with Crippen LogP contribution in [-0.2, 0) is 13.1 Å². The molecule has 0 fully saturated rings. The van der Waals surface area contributed by atoms with Crippen molar-refractivity contribution >= 4 is 44.0 Å². The zero-order valence-corrected chi connectivity index (χ0v) is 17.5. The minimum atomic E-state index is 0.445. The van der Waals surface area contributed by atoms with Gasteiger partial charge in [0.2, 0.25) is 0 Å². The molecule has 0 aliphatic carbocycles. The van der Waals surface area contributed by atoms with Gasteiger partial charge < -0.3 is 16.4 Å². The number of pyridine rings is 3. The molecule has 0 radical (unpaired) electrons. The molecule has 4 N–H and O–H groups in total. The van der Waals surface area contributed by atoms with E-state index in [2.05, 4.69) is 47.6 Å². The fourth-order valence-corrected chi connectivity index (χ4v) is 3.58. The average Bonchev–Trinajstić information content (AvgIpc) is 2.79. The number of hydrogen-bond acceptors (Lipinski definition) is 7. The Morgan fingerprint density at radius 3 is 2.73 bits per heavy atom. The molecule has 0 unspecified atom stereocenters. The fraction of sp³-hybridized carbons (Fsp3) is 0.0909. The number of nitriles is 1. The van der Waals surface area contributed by atoms with Gasteiger partial charge in [0.1, 0.15) is 11.9 Å². The summed E-state index contributed by atoms with van der Waals surface area (Å²) in [5.41, 5.74) is 10.5. The molecule has 148 valence electrons. The Bertz CT molecular complexity index is 1240. The topological polar surface area (TPSA) is 113 Å². The molecule has 0 bridgehead atoms. The van der Waals surface area contributed by atoms with Gasteiger partial charge in [-0.05, 0) is 35.4 Å². The van der Waals surface area contributed by atoms with Gasteiger partial charge in [-0.1, -0.05) is 28.1 Å². The first-order chi connectivity index (χ1) is 14.7. The largest absolute Gasteiger partial charge is 0.366 e. The Labute approximate surface area is 182 Å². The Kier molecular flexibility index (Phi) is 5.84. The maximum absolute atomic E-state index is 9.62. The lowest BCUT2D eigenvalue weighted by Gasteiger charge is -2.14. The zero-order valence-electron chi connectivity index (χ0n) is 15.9. The molecule has 0 saturated heterocycles. The minimum absolute atomic E-state index is 0.445. The van der Waals surface area contributed by atoms with Crippen molar-refractivity contribution in [2.24, 2.45) is 5.73 Å². The van der Waals surface area contributed by atoms with Crippen molar-refractivity contribution in [1.29, 1.82) is 5.26 Å². The van der Waals surface area contributed by atoms with E-state index in [9.17, 15) is 5.26 Å². The molecule has 3 heterocycles. The highest BCUT2D eigenvalue weighted by Gasteiger charge is 2.12. The number of nitrogens with zero attached hydrogens (tertiary/aromatic N) is 4. The molecule has 3 aromatic heterocycles. The van der Waals surface area contributed by atoms with Gasteiger partial charge in [0.15, 0.2) is 0 Å². The molecule has 7 nitrogen and oxygen atoms in total. The SMILES string of the molecule is N#Cc1cnc2cnc(NCc3cccnc3)cc2c1Nc1ccc(CN)c(Br)c1. The molecule has 0 aliphatic heterocycles. The van der Waals surface area contributed by atoms with Gasteiger partial charge in [0.25, 0.3) is 0 Å². The summed E-state index contributed by atoms with van der Waals surface area (Å²) >= 11 is 3.54. The molecule has 0 saturated carbocycles. The van der Waals surface area contributed by atoms with E-state index in [0.29, 0.717) is 35.7 Å². The van der Waals surface area contributed by atoms with Crippen LogP contribution in [0, 0.1) is 11.3 Å². The number of nitrogens with two attached hydrogens (primary N) is 1. The second kappa shape index (κ2) is 8.86. The Morgan fingerprint density at radius 1 is 1.10 bits per heavy atom. The molecular formula is C22H18BrN7. The predicted molar refractivity (Wildman–Crippen MR) is 121 cm³/mol. The lowest BCUT2D eigenvalue weighted by molar-refractivity contribution is 1.06. The summed E-state index contributed by atoms with van der Waals surface area (Å²) in [4.78, 5) is 12.9. The maximum Gasteiger partial charge on any atom is 0.126 e. The van der Waals surface area contributed by atoms with Crippen LogP contribution in [0.15, 0.2) is 65.7 Å². The lowest BCUT2D eigenvalue weighted by Crippen LogP contribution is -2.03. The highest BCUT2D eigenvalue weighted by molar-refractivity contribution is 9.10. The summed E-state index contributed by atoms with van der Waals surface area (Å²) in [5.74, 6) is 0.686. The number of hydrogen-bond donors (Lipinski definition) is 3. The van der Waals surface area contributed by atoms with Gasteiger partial charge in [0.05, 0.1) is 23.0 Å². The van der Waals surface area contributed by atoms with Crippen LogP contribution in [-0.4, -0.2) is 15.0 Å². The first-order valence-electron chi connectivity index (χ1n) is 9.25. The summed E-state index contributed by atoms with van der Waals surface area (Å²) in [6, 6.07) is 13.8. The Balaban J connectivity index is 1.69. The molecule has 0 spiro atoms. The fourth-order valence-electron chi connectivity index (χ4n) is 3.04. The Hall–Kier alpha value is -3.54. The van der Waals surface area contributed by atoms with Crippen molar-refractivity contribution in [3.8, 4) is 6.07 Å². The third-order valence-electron chi connectivity index (χ3n) is 4.61. The van der Waals surface area contributed by atoms with E-state index < -0.39 is 0 Å². The van der Waals surface area contributed by atoms with Crippen LogP contribution in [0.3, 0.4) is 0 Å². The molecule has 0 atom stereocenters. The maximum atomic E-state index is 9.62. The van der Waals surface area contributed by atoms with Gasteiger partial charge in [-0.25, -0.2) is 4.98 Å². The van der Waals surface area contributed by atoms with Gasteiger partial charge in [-0.3, -0.25) is 9.97 Å². The summed E-state index contributed by atoms with van der Waals surface area (Å²) in [5, 5.41) is 17.1. The summed E-state index contributed by atoms with van der Waals surface area (Å²) in [7, 11) is 0. The molecular weight excluding hydrogens is 442 g/mol.